The standard InChI is InChI=1S/C26H38N4O5/c1-2-32-15-6-16-34-25-24(27-26(31)35-20-21-7-4-3-5-8-21)19-30(28-25)23-11-9-22(10-12-23)29-13-17-33-18-14-29/h3-5,7-8,19,22-23H,2,6,9-18,20H2,1H3,(H,27,31). The van der Waals surface area contributed by atoms with Gasteiger partial charge in [-0.1, -0.05) is 30.3 Å². The molecule has 0 radical (unpaired) electrons. The Hall–Kier alpha value is -2.62. The first-order valence-corrected chi connectivity index (χ1v) is 12.8. The van der Waals surface area contributed by atoms with Crippen molar-refractivity contribution < 1.29 is 23.7 Å². The third-order valence-electron chi connectivity index (χ3n) is 6.63. The Bertz CT molecular complexity index is 892. The summed E-state index contributed by atoms with van der Waals surface area (Å²) >= 11 is 0. The maximum atomic E-state index is 12.5. The zero-order valence-electron chi connectivity index (χ0n) is 20.7. The fraction of sp³-hybridized carbons (Fsp3) is 0.615. The smallest absolute Gasteiger partial charge is 0.412 e. The van der Waals surface area contributed by atoms with Gasteiger partial charge in [0.15, 0.2) is 0 Å². The summed E-state index contributed by atoms with van der Waals surface area (Å²) in [6, 6.07) is 10.5. The van der Waals surface area contributed by atoms with E-state index in [0.717, 1.165) is 64.0 Å². The second kappa shape index (κ2) is 13.5. The van der Waals surface area contributed by atoms with E-state index < -0.39 is 6.09 Å². The van der Waals surface area contributed by atoms with Crippen LogP contribution in [0.15, 0.2) is 36.5 Å². The van der Waals surface area contributed by atoms with E-state index in [1.165, 1.54) is 0 Å². The molecule has 2 fully saturated rings. The summed E-state index contributed by atoms with van der Waals surface area (Å²) in [6.07, 6.45) is 6.47. The molecule has 9 heteroatoms. The summed E-state index contributed by atoms with van der Waals surface area (Å²) in [5, 5.41) is 7.54. The van der Waals surface area contributed by atoms with Gasteiger partial charge in [0, 0.05) is 38.8 Å². The molecule has 192 valence electrons. The molecule has 1 saturated heterocycles. The average Bonchev–Trinajstić information content (AvgIpc) is 3.31. The van der Waals surface area contributed by atoms with Gasteiger partial charge in [-0.25, -0.2) is 4.79 Å². The molecule has 9 nitrogen and oxygen atoms in total. The lowest BCUT2D eigenvalue weighted by molar-refractivity contribution is 0.00502. The highest BCUT2D eigenvalue weighted by atomic mass is 16.5. The predicted octanol–water partition coefficient (Wildman–Crippen LogP) is 4.25. The van der Waals surface area contributed by atoms with Crippen LogP contribution in [-0.4, -0.2) is 72.9 Å². The van der Waals surface area contributed by atoms with E-state index in [4.69, 9.17) is 24.0 Å². The maximum absolute atomic E-state index is 12.5. The van der Waals surface area contributed by atoms with Crippen LogP contribution in [0.2, 0.25) is 0 Å². The lowest BCUT2D eigenvalue weighted by Crippen LogP contribution is -2.45. The quantitative estimate of drug-likeness (QED) is 0.475. The molecule has 0 atom stereocenters. The summed E-state index contributed by atoms with van der Waals surface area (Å²) in [6.45, 7) is 7.67. The molecule has 1 N–H and O–H groups in total. The van der Waals surface area contributed by atoms with Crippen LogP contribution in [0.5, 0.6) is 5.88 Å². The molecule has 1 saturated carbocycles. The average molecular weight is 487 g/mol. The molecular formula is C26H38N4O5. The summed E-state index contributed by atoms with van der Waals surface area (Å²) < 4.78 is 24.2. The van der Waals surface area contributed by atoms with Gasteiger partial charge in [-0.05, 0) is 38.2 Å². The molecule has 0 unspecified atom stereocenters. The van der Waals surface area contributed by atoms with E-state index in [1.54, 1.807) is 0 Å². The fourth-order valence-electron chi connectivity index (χ4n) is 4.73. The number of hydrogen-bond acceptors (Lipinski definition) is 7. The van der Waals surface area contributed by atoms with E-state index in [1.807, 2.05) is 48.1 Å². The minimum Gasteiger partial charge on any atom is -0.475 e. The minimum atomic E-state index is -0.524. The SMILES string of the molecule is CCOCCCOc1nn(C2CCC(N3CCOCC3)CC2)cc1NC(=O)OCc1ccccc1. The number of amides is 1. The number of carbonyl (C=O) groups excluding carboxylic acids is 1. The molecule has 4 rings (SSSR count). The molecule has 2 aromatic rings. The van der Waals surface area contributed by atoms with Crippen molar-refractivity contribution in [3.05, 3.63) is 42.1 Å². The fourth-order valence-corrected chi connectivity index (χ4v) is 4.73. The third kappa shape index (κ3) is 7.68. The van der Waals surface area contributed by atoms with Crippen LogP contribution >= 0.6 is 0 Å². The van der Waals surface area contributed by atoms with E-state index in [0.29, 0.717) is 37.4 Å². The van der Waals surface area contributed by atoms with Gasteiger partial charge in [0.2, 0.25) is 0 Å². The van der Waals surface area contributed by atoms with Crippen LogP contribution in [0, 0.1) is 0 Å². The number of carbonyl (C=O) groups is 1. The normalized spacial score (nSPS) is 20.9. The van der Waals surface area contributed by atoms with Crippen molar-refractivity contribution in [2.75, 3.05) is 51.4 Å². The number of aromatic nitrogens is 2. The van der Waals surface area contributed by atoms with E-state index >= 15 is 0 Å². The first-order valence-electron chi connectivity index (χ1n) is 12.8. The van der Waals surface area contributed by atoms with Gasteiger partial charge in [0.05, 0.1) is 32.1 Å². The molecule has 1 aromatic carbocycles. The van der Waals surface area contributed by atoms with Crippen LogP contribution < -0.4 is 10.1 Å². The Balaban J connectivity index is 1.35. The first kappa shape index (κ1) is 25.5. The second-order valence-corrected chi connectivity index (χ2v) is 9.02. The molecule has 2 aliphatic rings. The van der Waals surface area contributed by atoms with Crippen molar-refractivity contribution in [3.63, 3.8) is 0 Å². The minimum absolute atomic E-state index is 0.205. The molecule has 0 bridgehead atoms. The van der Waals surface area contributed by atoms with Gasteiger partial charge < -0.3 is 18.9 Å². The van der Waals surface area contributed by atoms with E-state index in [2.05, 4.69) is 10.2 Å². The number of rotatable bonds is 11. The Kier molecular flexibility index (Phi) is 9.80. The van der Waals surface area contributed by atoms with Crippen LogP contribution in [-0.2, 0) is 20.8 Å². The summed E-state index contributed by atoms with van der Waals surface area (Å²) in [5.74, 6) is 0.425. The number of benzene rings is 1. The third-order valence-corrected chi connectivity index (χ3v) is 6.63. The number of anilines is 1. The van der Waals surface area contributed by atoms with Crippen molar-refractivity contribution >= 4 is 11.8 Å². The predicted molar refractivity (Wildman–Crippen MR) is 133 cm³/mol. The number of nitrogens with one attached hydrogen (secondary N) is 1. The monoisotopic (exact) mass is 486 g/mol. The molecule has 1 aliphatic heterocycles. The molecule has 1 amide bonds. The highest BCUT2D eigenvalue weighted by molar-refractivity contribution is 5.86. The number of ether oxygens (including phenoxy) is 4. The van der Waals surface area contributed by atoms with Crippen molar-refractivity contribution in [1.29, 1.82) is 0 Å². The van der Waals surface area contributed by atoms with Gasteiger partial charge >= 0.3 is 6.09 Å². The lowest BCUT2D eigenvalue weighted by Gasteiger charge is -2.38. The summed E-state index contributed by atoms with van der Waals surface area (Å²) in [7, 11) is 0. The van der Waals surface area contributed by atoms with Crippen molar-refractivity contribution in [3.8, 4) is 5.88 Å². The molecule has 0 spiro atoms. The Morgan fingerprint density at radius 1 is 1.09 bits per heavy atom. The van der Waals surface area contributed by atoms with Crippen molar-refractivity contribution in [1.82, 2.24) is 14.7 Å². The highest BCUT2D eigenvalue weighted by Gasteiger charge is 2.29. The second-order valence-electron chi connectivity index (χ2n) is 9.02. The van der Waals surface area contributed by atoms with Gasteiger partial charge in [0.25, 0.3) is 5.88 Å². The number of nitrogens with zero attached hydrogens (tertiary/aromatic N) is 3. The molecule has 2 heterocycles. The van der Waals surface area contributed by atoms with Crippen LogP contribution in [0.4, 0.5) is 10.5 Å². The van der Waals surface area contributed by atoms with Crippen LogP contribution in [0.3, 0.4) is 0 Å². The zero-order chi connectivity index (χ0) is 24.3. The van der Waals surface area contributed by atoms with Crippen LogP contribution in [0.25, 0.3) is 0 Å². The summed E-state index contributed by atoms with van der Waals surface area (Å²) in [5.41, 5.74) is 1.47. The van der Waals surface area contributed by atoms with Gasteiger partial charge in [-0.3, -0.25) is 14.9 Å². The number of morpholine rings is 1. The van der Waals surface area contributed by atoms with Gasteiger partial charge in [-0.15, -0.1) is 5.10 Å². The van der Waals surface area contributed by atoms with Gasteiger partial charge in [-0.2, -0.15) is 0 Å². The number of hydrogen-bond donors (Lipinski definition) is 1. The van der Waals surface area contributed by atoms with Crippen LogP contribution in [0.1, 0.15) is 50.6 Å². The van der Waals surface area contributed by atoms with Crippen molar-refractivity contribution in [2.45, 2.75) is 57.7 Å². The molecular weight excluding hydrogens is 448 g/mol. The topological polar surface area (TPSA) is 87.1 Å². The molecule has 1 aromatic heterocycles. The highest BCUT2D eigenvalue weighted by Crippen LogP contribution is 2.34. The Morgan fingerprint density at radius 3 is 2.57 bits per heavy atom. The van der Waals surface area contributed by atoms with E-state index in [-0.39, 0.29) is 12.6 Å². The maximum Gasteiger partial charge on any atom is 0.412 e. The van der Waals surface area contributed by atoms with E-state index in [9.17, 15) is 4.79 Å². The van der Waals surface area contributed by atoms with Gasteiger partial charge in [0.1, 0.15) is 12.3 Å². The van der Waals surface area contributed by atoms with Crippen molar-refractivity contribution in [2.24, 2.45) is 0 Å². The zero-order valence-corrected chi connectivity index (χ0v) is 20.7. The Labute approximate surface area is 207 Å². The molecule has 1 aliphatic carbocycles. The Morgan fingerprint density at radius 2 is 1.83 bits per heavy atom. The summed E-state index contributed by atoms with van der Waals surface area (Å²) in [4.78, 5) is 15.1. The molecule has 35 heavy (non-hydrogen) atoms. The first-order chi connectivity index (χ1) is 17.2. The lowest BCUT2D eigenvalue weighted by atomic mass is 9.90. The largest absolute Gasteiger partial charge is 0.475 e.